The zero-order valence-electron chi connectivity index (χ0n) is 15.6. The minimum Gasteiger partial charge on any atom is -0.460 e. The van der Waals surface area contributed by atoms with Crippen LogP contribution in [0, 0.1) is 0 Å². The van der Waals surface area contributed by atoms with Crippen molar-refractivity contribution in [2.24, 2.45) is 0 Å². The van der Waals surface area contributed by atoms with Crippen molar-refractivity contribution in [2.75, 3.05) is 13.2 Å². The average Bonchev–Trinajstić information content (AvgIpc) is 2.50. The topological polar surface area (TPSA) is 44.8 Å². The summed E-state index contributed by atoms with van der Waals surface area (Å²) in [6, 6.07) is 1.09. The van der Waals surface area contributed by atoms with Crippen LogP contribution in [0.2, 0.25) is 12.6 Å². The molecule has 23 heavy (non-hydrogen) atoms. The summed E-state index contributed by atoms with van der Waals surface area (Å²) >= 11 is 0. The van der Waals surface area contributed by atoms with Crippen LogP contribution in [0.15, 0.2) is 12.7 Å². The maximum atomic E-state index is 11.0. The summed E-state index contributed by atoms with van der Waals surface area (Å²) in [5.74, 6) is -0.326. The van der Waals surface area contributed by atoms with E-state index in [1.54, 1.807) is 0 Å². The number of rotatable bonds is 15. The Bertz CT molecular complexity index is 314. The Kier molecular flexibility index (Phi) is 13.4. The number of ether oxygens (including phenoxy) is 1. The van der Waals surface area contributed by atoms with E-state index in [2.05, 4.69) is 13.1 Å². The van der Waals surface area contributed by atoms with Crippen LogP contribution in [-0.2, 0) is 18.4 Å². The molecule has 0 fully saturated rings. The van der Waals surface area contributed by atoms with E-state index in [1.165, 1.54) is 38.2 Å². The van der Waals surface area contributed by atoms with Gasteiger partial charge < -0.3 is 13.6 Å². The van der Waals surface area contributed by atoms with Gasteiger partial charge in [0.1, 0.15) is 0 Å². The molecule has 136 valence electrons. The fourth-order valence-electron chi connectivity index (χ4n) is 2.69. The summed E-state index contributed by atoms with van der Waals surface area (Å²) in [6.45, 7) is 13.1. The first kappa shape index (κ1) is 22.3. The Balaban J connectivity index is 3.58. The van der Waals surface area contributed by atoms with Crippen LogP contribution >= 0.6 is 0 Å². The molecule has 0 saturated heterocycles. The first-order chi connectivity index (χ1) is 11.0. The van der Waals surface area contributed by atoms with E-state index >= 15 is 0 Å². The van der Waals surface area contributed by atoms with E-state index in [4.69, 9.17) is 13.6 Å². The van der Waals surface area contributed by atoms with Crippen LogP contribution in [0.5, 0.6) is 0 Å². The van der Waals surface area contributed by atoms with Gasteiger partial charge >= 0.3 is 14.5 Å². The van der Waals surface area contributed by atoms with E-state index < -0.39 is 8.56 Å². The number of unbranched alkanes of at least 4 members (excludes halogenated alkanes) is 5. The van der Waals surface area contributed by atoms with Gasteiger partial charge in [0.15, 0.2) is 0 Å². The number of carbonyl (C=O) groups is 1. The molecule has 0 aliphatic heterocycles. The lowest BCUT2D eigenvalue weighted by Crippen LogP contribution is -2.38. The second-order valence-corrected chi connectivity index (χ2v) is 9.46. The fraction of sp³-hybridized carbons (Fsp3) is 0.833. The zero-order chi connectivity index (χ0) is 17.6. The molecule has 0 spiro atoms. The first-order valence-corrected chi connectivity index (χ1v) is 11.6. The molecule has 0 rings (SSSR count). The van der Waals surface area contributed by atoms with Gasteiger partial charge in [-0.05, 0) is 46.2 Å². The minimum absolute atomic E-state index is 0.00964. The number of esters is 1. The van der Waals surface area contributed by atoms with Crippen LogP contribution in [0.1, 0.15) is 65.7 Å². The Labute approximate surface area is 143 Å². The van der Waals surface area contributed by atoms with Crippen molar-refractivity contribution < 1.29 is 18.4 Å². The van der Waals surface area contributed by atoms with Crippen molar-refractivity contribution in [3.63, 3.8) is 0 Å². The third-order valence-corrected chi connectivity index (χ3v) is 6.94. The summed E-state index contributed by atoms with van der Waals surface area (Å²) in [6.07, 6.45) is 9.37. The van der Waals surface area contributed by atoms with Gasteiger partial charge in [-0.2, -0.15) is 0 Å². The molecule has 0 heterocycles. The number of carbonyl (C=O) groups excluding carboxylic acids is 1. The summed E-state index contributed by atoms with van der Waals surface area (Å²) in [5, 5.41) is 0. The van der Waals surface area contributed by atoms with Gasteiger partial charge in [0, 0.05) is 19.3 Å². The molecule has 0 bridgehead atoms. The van der Waals surface area contributed by atoms with Crippen LogP contribution in [0.25, 0.3) is 0 Å². The number of hydrogen-bond acceptors (Lipinski definition) is 4. The molecule has 0 aliphatic carbocycles. The lowest BCUT2D eigenvalue weighted by Gasteiger charge is -2.25. The molecule has 5 heteroatoms. The molecule has 0 saturated carbocycles. The van der Waals surface area contributed by atoms with Gasteiger partial charge in [-0.1, -0.05) is 38.7 Å². The van der Waals surface area contributed by atoms with E-state index in [1.807, 2.05) is 20.8 Å². The van der Waals surface area contributed by atoms with Crippen LogP contribution in [-0.4, -0.2) is 33.8 Å². The fourth-order valence-corrected chi connectivity index (χ4v) is 5.17. The third kappa shape index (κ3) is 12.4. The van der Waals surface area contributed by atoms with E-state index in [0.717, 1.165) is 32.1 Å². The van der Waals surface area contributed by atoms with Gasteiger partial charge in [0.2, 0.25) is 0 Å². The van der Waals surface area contributed by atoms with Crippen molar-refractivity contribution in [1.29, 1.82) is 0 Å². The van der Waals surface area contributed by atoms with Crippen molar-refractivity contribution in [1.82, 2.24) is 0 Å². The van der Waals surface area contributed by atoms with Crippen molar-refractivity contribution in [3.8, 4) is 0 Å². The third-order valence-electron chi connectivity index (χ3n) is 3.87. The quantitative estimate of drug-likeness (QED) is 0.182. The summed E-state index contributed by atoms with van der Waals surface area (Å²) < 4.78 is 16.8. The Hall–Kier alpha value is -0.653. The second kappa shape index (κ2) is 13.8. The standard InChI is InChI=1S/C18H36O4Si/c1-6-18(19)22-17(4)15-13-11-9-10-12-14-16-23(5,20-7-2)21-8-3/h6,17H,1,7-16H2,2-5H3. The number of hydrogen-bond donors (Lipinski definition) is 0. The molecule has 1 atom stereocenters. The SMILES string of the molecule is C=CC(=O)OC(C)CCCCCCCC[Si](C)(OCC)OCC. The van der Waals surface area contributed by atoms with Crippen molar-refractivity contribution >= 4 is 14.5 Å². The molecule has 0 aliphatic rings. The second-order valence-electron chi connectivity index (χ2n) is 6.11. The smallest absolute Gasteiger partial charge is 0.334 e. The van der Waals surface area contributed by atoms with Crippen molar-refractivity contribution in [2.45, 2.75) is 84.4 Å². The van der Waals surface area contributed by atoms with Gasteiger partial charge in [-0.3, -0.25) is 0 Å². The molecule has 0 amide bonds. The molecule has 0 radical (unpaired) electrons. The summed E-state index contributed by atoms with van der Waals surface area (Å²) in [7, 11) is -1.92. The van der Waals surface area contributed by atoms with E-state index in [-0.39, 0.29) is 12.1 Å². The largest absolute Gasteiger partial charge is 0.460 e. The maximum absolute atomic E-state index is 11.0. The molecule has 0 N–H and O–H groups in total. The molecular weight excluding hydrogens is 308 g/mol. The van der Waals surface area contributed by atoms with Crippen LogP contribution in [0.3, 0.4) is 0 Å². The highest BCUT2D eigenvalue weighted by Gasteiger charge is 2.29. The normalized spacial score (nSPS) is 12.9. The van der Waals surface area contributed by atoms with E-state index in [0.29, 0.717) is 0 Å². The summed E-state index contributed by atoms with van der Waals surface area (Å²) in [4.78, 5) is 11.0. The molecular formula is C18H36O4Si. The van der Waals surface area contributed by atoms with Gasteiger partial charge in [0.25, 0.3) is 0 Å². The Morgan fingerprint density at radius 3 is 2.09 bits per heavy atom. The van der Waals surface area contributed by atoms with Gasteiger partial charge in [0.05, 0.1) is 6.10 Å². The molecule has 0 aromatic heterocycles. The highest BCUT2D eigenvalue weighted by molar-refractivity contribution is 6.66. The van der Waals surface area contributed by atoms with Crippen LogP contribution < -0.4 is 0 Å². The average molecular weight is 345 g/mol. The highest BCUT2D eigenvalue weighted by atomic mass is 28.4. The predicted molar refractivity (Wildman–Crippen MR) is 97.7 cm³/mol. The molecule has 0 aromatic rings. The zero-order valence-corrected chi connectivity index (χ0v) is 16.6. The lowest BCUT2D eigenvalue weighted by molar-refractivity contribution is -0.142. The molecule has 0 aromatic carbocycles. The van der Waals surface area contributed by atoms with Gasteiger partial charge in [-0.25, -0.2) is 4.79 Å². The highest BCUT2D eigenvalue weighted by Crippen LogP contribution is 2.19. The maximum Gasteiger partial charge on any atom is 0.334 e. The predicted octanol–water partition coefficient (Wildman–Crippen LogP) is 4.98. The Morgan fingerprint density at radius 2 is 1.57 bits per heavy atom. The summed E-state index contributed by atoms with van der Waals surface area (Å²) in [5.41, 5.74) is 0. The van der Waals surface area contributed by atoms with Gasteiger partial charge in [-0.15, -0.1) is 0 Å². The lowest BCUT2D eigenvalue weighted by atomic mass is 10.1. The van der Waals surface area contributed by atoms with Crippen LogP contribution in [0.4, 0.5) is 0 Å². The van der Waals surface area contributed by atoms with E-state index in [9.17, 15) is 4.79 Å². The molecule has 4 nitrogen and oxygen atoms in total. The first-order valence-electron chi connectivity index (χ1n) is 9.08. The monoisotopic (exact) mass is 344 g/mol. The Morgan fingerprint density at radius 1 is 1.04 bits per heavy atom. The minimum atomic E-state index is -1.92. The molecule has 1 unspecified atom stereocenters. The van der Waals surface area contributed by atoms with Crippen molar-refractivity contribution in [3.05, 3.63) is 12.7 Å².